The van der Waals surface area contributed by atoms with E-state index in [0.717, 1.165) is 66.8 Å². The zero-order chi connectivity index (χ0) is 41.4. The van der Waals surface area contributed by atoms with Crippen molar-refractivity contribution in [3.63, 3.8) is 0 Å². The van der Waals surface area contributed by atoms with Crippen molar-refractivity contribution in [1.29, 1.82) is 0 Å². The number of para-hydroxylation sites is 2. The van der Waals surface area contributed by atoms with E-state index in [1.807, 2.05) is 12.1 Å². The first kappa shape index (κ1) is 35.4. The lowest BCUT2D eigenvalue weighted by atomic mass is 9.96. The highest BCUT2D eigenvalue weighted by Crippen LogP contribution is 2.42. The monoisotopic (exact) mass is 802 g/mol. The zero-order valence-corrected chi connectivity index (χ0v) is 34.2. The Labute approximate surface area is 363 Å². The molecular formula is C60H38N2O. The van der Waals surface area contributed by atoms with Gasteiger partial charge in [-0.1, -0.05) is 152 Å². The van der Waals surface area contributed by atoms with E-state index in [4.69, 9.17) is 4.42 Å². The summed E-state index contributed by atoms with van der Waals surface area (Å²) in [5, 5.41) is 12.2. The Balaban J connectivity index is 0.955. The SMILES string of the molecule is c1ccc(-c2ccc(N(c3cccc(-c4ccc5c(c4)c4ccccc4n5-c4ccc5c(c4)oc4ccccc45)c3)c3ccc4ccc5c6ccccc6ccc5c4c3)cc2)cc1. The third-order valence-corrected chi connectivity index (χ3v) is 12.9. The first-order chi connectivity index (χ1) is 31.2. The van der Waals surface area contributed by atoms with Gasteiger partial charge in [-0.05, 0) is 127 Å². The summed E-state index contributed by atoms with van der Waals surface area (Å²) in [6.07, 6.45) is 0. The average molecular weight is 803 g/mol. The van der Waals surface area contributed by atoms with Crippen LogP contribution in [-0.4, -0.2) is 4.57 Å². The maximum absolute atomic E-state index is 6.35. The minimum Gasteiger partial charge on any atom is -0.456 e. The Morgan fingerprint density at radius 1 is 0.286 bits per heavy atom. The Kier molecular flexibility index (Phi) is 7.91. The number of rotatable bonds is 6. The van der Waals surface area contributed by atoms with E-state index in [1.54, 1.807) is 0 Å². The lowest BCUT2D eigenvalue weighted by Gasteiger charge is -2.27. The van der Waals surface area contributed by atoms with Crippen molar-refractivity contribution >= 4 is 93.1 Å². The molecule has 13 rings (SSSR count). The van der Waals surface area contributed by atoms with Crippen LogP contribution in [0, 0.1) is 0 Å². The standard InChI is InChI=1S/C60H38N2O/c1-2-11-39(12-3-1)40-21-27-45(28-22-40)61(47-29-23-42-25-31-50-49-16-5-4-13-41(49)24-32-51(50)55(42)37-47)46-15-10-14-43(35-46)44-26-34-58-56(36-44)52-17-6-8-19-57(52)62(58)48-30-33-54-53-18-7-9-20-59(53)63-60(54)38-48/h1-38H. The summed E-state index contributed by atoms with van der Waals surface area (Å²) >= 11 is 0. The number of benzene rings is 11. The van der Waals surface area contributed by atoms with E-state index in [2.05, 4.69) is 228 Å². The van der Waals surface area contributed by atoms with Gasteiger partial charge < -0.3 is 13.9 Å². The van der Waals surface area contributed by atoms with Crippen LogP contribution in [-0.2, 0) is 0 Å². The summed E-state index contributed by atoms with van der Waals surface area (Å²) in [5.41, 5.74) is 13.2. The molecule has 0 N–H and O–H groups in total. The second-order valence-corrected chi connectivity index (χ2v) is 16.5. The number of aromatic nitrogens is 1. The lowest BCUT2D eigenvalue weighted by Crippen LogP contribution is -2.10. The lowest BCUT2D eigenvalue weighted by molar-refractivity contribution is 0.668. The quantitative estimate of drug-likeness (QED) is 0.156. The number of hydrogen-bond acceptors (Lipinski definition) is 2. The van der Waals surface area contributed by atoms with E-state index < -0.39 is 0 Å². The van der Waals surface area contributed by atoms with Gasteiger partial charge in [0.2, 0.25) is 0 Å². The van der Waals surface area contributed by atoms with Crippen molar-refractivity contribution in [2.45, 2.75) is 0 Å². The number of fused-ring (bicyclic) bond motifs is 11. The summed E-state index contributed by atoms with van der Waals surface area (Å²) in [6.45, 7) is 0. The number of furan rings is 1. The van der Waals surface area contributed by atoms with Crippen LogP contribution in [0.4, 0.5) is 17.1 Å². The van der Waals surface area contributed by atoms with Crippen molar-refractivity contribution < 1.29 is 4.42 Å². The first-order valence-electron chi connectivity index (χ1n) is 21.6. The van der Waals surface area contributed by atoms with Crippen LogP contribution in [0.3, 0.4) is 0 Å². The summed E-state index contributed by atoms with van der Waals surface area (Å²) in [7, 11) is 0. The molecular weight excluding hydrogens is 765 g/mol. The second kappa shape index (κ2) is 14.1. The summed E-state index contributed by atoms with van der Waals surface area (Å²) in [6, 6.07) is 83.7. The molecule has 63 heavy (non-hydrogen) atoms. The topological polar surface area (TPSA) is 21.3 Å². The molecule has 0 amide bonds. The molecule has 2 heterocycles. The average Bonchev–Trinajstić information content (AvgIpc) is 3.89. The Hall–Kier alpha value is -8.40. The molecule has 0 unspecified atom stereocenters. The van der Waals surface area contributed by atoms with E-state index in [0.29, 0.717) is 0 Å². The maximum atomic E-state index is 6.35. The highest BCUT2D eigenvalue weighted by atomic mass is 16.3. The molecule has 0 radical (unpaired) electrons. The molecule has 2 aromatic heterocycles. The third kappa shape index (κ3) is 5.75. The van der Waals surface area contributed by atoms with Gasteiger partial charge in [-0.15, -0.1) is 0 Å². The van der Waals surface area contributed by atoms with Crippen LogP contribution < -0.4 is 4.90 Å². The minimum absolute atomic E-state index is 0.889. The fraction of sp³-hybridized carbons (Fsp3) is 0. The second-order valence-electron chi connectivity index (χ2n) is 16.5. The van der Waals surface area contributed by atoms with E-state index in [1.165, 1.54) is 54.2 Å². The number of anilines is 3. The highest BCUT2D eigenvalue weighted by molar-refractivity contribution is 6.18. The normalized spacial score (nSPS) is 11.8. The Morgan fingerprint density at radius 3 is 1.75 bits per heavy atom. The molecule has 0 spiro atoms. The molecule has 0 aliphatic rings. The van der Waals surface area contributed by atoms with Crippen LogP contribution in [0.15, 0.2) is 235 Å². The highest BCUT2D eigenvalue weighted by Gasteiger charge is 2.18. The smallest absolute Gasteiger partial charge is 0.137 e. The van der Waals surface area contributed by atoms with Gasteiger partial charge in [-0.25, -0.2) is 0 Å². The van der Waals surface area contributed by atoms with Crippen LogP contribution in [0.5, 0.6) is 0 Å². The molecule has 0 saturated carbocycles. The molecule has 0 saturated heterocycles. The zero-order valence-electron chi connectivity index (χ0n) is 34.2. The van der Waals surface area contributed by atoms with Crippen LogP contribution in [0.2, 0.25) is 0 Å². The van der Waals surface area contributed by atoms with Gasteiger partial charge in [0.25, 0.3) is 0 Å². The number of hydrogen-bond donors (Lipinski definition) is 0. The van der Waals surface area contributed by atoms with Crippen molar-refractivity contribution in [2.24, 2.45) is 0 Å². The molecule has 0 bridgehead atoms. The van der Waals surface area contributed by atoms with Gasteiger partial charge in [0.1, 0.15) is 11.2 Å². The first-order valence-corrected chi connectivity index (χ1v) is 21.6. The van der Waals surface area contributed by atoms with Crippen molar-refractivity contribution in [2.75, 3.05) is 4.90 Å². The predicted molar refractivity (Wildman–Crippen MR) is 266 cm³/mol. The molecule has 13 aromatic rings. The third-order valence-electron chi connectivity index (χ3n) is 12.9. The van der Waals surface area contributed by atoms with Gasteiger partial charge in [0.05, 0.1) is 11.0 Å². The molecule has 294 valence electrons. The Bertz CT molecular complexity index is 3910. The van der Waals surface area contributed by atoms with Crippen LogP contribution in [0.25, 0.3) is 104 Å². The van der Waals surface area contributed by atoms with Crippen LogP contribution >= 0.6 is 0 Å². The molecule has 3 heteroatoms. The van der Waals surface area contributed by atoms with Gasteiger partial charge in [0, 0.05) is 50.4 Å². The Morgan fingerprint density at radius 2 is 0.873 bits per heavy atom. The minimum atomic E-state index is 0.889. The molecule has 0 fully saturated rings. The fourth-order valence-electron chi connectivity index (χ4n) is 9.93. The van der Waals surface area contributed by atoms with Gasteiger partial charge in [0.15, 0.2) is 0 Å². The fourth-order valence-corrected chi connectivity index (χ4v) is 9.93. The largest absolute Gasteiger partial charge is 0.456 e. The summed E-state index contributed by atoms with van der Waals surface area (Å²) < 4.78 is 8.72. The van der Waals surface area contributed by atoms with Gasteiger partial charge in [-0.2, -0.15) is 0 Å². The van der Waals surface area contributed by atoms with Crippen molar-refractivity contribution in [3.05, 3.63) is 231 Å². The molecule has 3 nitrogen and oxygen atoms in total. The molecule has 0 aliphatic heterocycles. The maximum Gasteiger partial charge on any atom is 0.137 e. The molecule has 0 aliphatic carbocycles. The molecule has 11 aromatic carbocycles. The summed E-state index contributed by atoms with van der Waals surface area (Å²) in [5.74, 6) is 0. The summed E-state index contributed by atoms with van der Waals surface area (Å²) in [4.78, 5) is 2.40. The number of nitrogens with zero attached hydrogens (tertiary/aromatic N) is 2. The van der Waals surface area contributed by atoms with E-state index in [9.17, 15) is 0 Å². The van der Waals surface area contributed by atoms with Crippen LogP contribution in [0.1, 0.15) is 0 Å². The van der Waals surface area contributed by atoms with E-state index in [-0.39, 0.29) is 0 Å². The van der Waals surface area contributed by atoms with E-state index >= 15 is 0 Å². The van der Waals surface area contributed by atoms with Gasteiger partial charge in [-0.3, -0.25) is 0 Å². The van der Waals surface area contributed by atoms with Gasteiger partial charge >= 0.3 is 0 Å². The predicted octanol–water partition coefficient (Wildman–Crippen LogP) is 16.9. The van der Waals surface area contributed by atoms with Crippen molar-refractivity contribution in [3.8, 4) is 27.9 Å². The van der Waals surface area contributed by atoms with Crippen molar-refractivity contribution in [1.82, 2.24) is 4.57 Å². The molecule has 0 atom stereocenters.